The second kappa shape index (κ2) is 2.88. The van der Waals surface area contributed by atoms with Gasteiger partial charge in [-0.25, -0.2) is 5.10 Å². The van der Waals surface area contributed by atoms with Crippen LogP contribution in [-0.4, -0.2) is 10.2 Å². The van der Waals surface area contributed by atoms with Gasteiger partial charge >= 0.3 is 0 Å². The maximum Gasteiger partial charge on any atom is 0.273 e. The minimum absolute atomic E-state index is 0.242. The van der Waals surface area contributed by atoms with Crippen LogP contribution < -0.4 is 5.56 Å². The minimum atomic E-state index is -0.301. The van der Waals surface area contributed by atoms with Crippen LogP contribution in [0.15, 0.2) is 17.6 Å². The lowest BCUT2D eigenvalue weighted by Gasteiger charge is -1.98. The van der Waals surface area contributed by atoms with Gasteiger partial charge in [0.1, 0.15) is 0 Å². The molecule has 58 valence electrons. The predicted octanol–water partition coefficient (Wildman–Crippen LogP) is 1.29. The highest BCUT2D eigenvalue weighted by Gasteiger charge is 2.04. The Morgan fingerprint density at radius 1 is 1.82 bits per heavy atom. The van der Waals surface area contributed by atoms with E-state index in [1.54, 1.807) is 6.92 Å². The summed E-state index contributed by atoms with van der Waals surface area (Å²) in [6, 6.07) is 0. The monoisotopic (exact) mass is 170 g/mol. The number of rotatable bonds is 1. The Morgan fingerprint density at radius 3 is 2.82 bits per heavy atom. The fraction of sp³-hybridized carbons (Fsp3) is 0.143. The van der Waals surface area contributed by atoms with Gasteiger partial charge in [-0.3, -0.25) is 4.79 Å². The number of nitrogens with one attached hydrogen (secondary N) is 1. The summed E-state index contributed by atoms with van der Waals surface area (Å²) in [5, 5.41) is 6.10. The first-order valence-electron chi connectivity index (χ1n) is 3.02. The summed E-state index contributed by atoms with van der Waals surface area (Å²) in [5.41, 5.74) is 0.834. The van der Waals surface area contributed by atoms with Crippen molar-refractivity contribution in [1.29, 1.82) is 0 Å². The molecule has 0 saturated heterocycles. The van der Waals surface area contributed by atoms with Crippen LogP contribution in [0.3, 0.4) is 0 Å². The average molecular weight is 171 g/mol. The molecule has 4 heteroatoms. The van der Waals surface area contributed by atoms with Crippen molar-refractivity contribution >= 4 is 16.6 Å². The number of hydrogen-bond donors (Lipinski definition) is 1. The number of aryl methyl sites for hydroxylation is 1. The molecule has 1 N–H and O–H groups in total. The van der Waals surface area contributed by atoms with E-state index in [-0.39, 0.29) is 10.6 Å². The number of aromatic nitrogens is 2. The van der Waals surface area contributed by atoms with Gasteiger partial charge in [-0.2, -0.15) is 5.10 Å². The Balaban J connectivity index is 3.45. The third-order valence-electron chi connectivity index (χ3n) is 1.32. The van der Waals surface area contributed by atoms with Crippen molar-refractivity contribution in [3.05, 3.63) is 34.3 Å². The molecule has 0 amide bonds. The third kappa shape index (κ3) is 1.49. The summed E-state index contributed by atoms with van der Waals surface area (Å²) in [6.45, 7) is 5.22. The van der Waals surface area contributed by atoms with Crippen molar-refractivity contribution in [2.75, 3.05) is 0 Å². The second-order valence-electron chi connectivity index (χ2n) is 2.16. The van der Waals surface area contributed by atoms with Crippen LogP contribution in [0, 0.1) is 6.92 Å². The highest BCUT2D eigenvalue weighted by atomic mass is 35.5. The van der Waals surface area contributed by atoms with Crippen molar-refractivity contribution < 1.29 is 0 Å². The van der Waals surface area contributed by atoms with E-state index in [0.717, 1.165) is 5.56 Å². The Kier molecular flexibility index (Phi) is 2.10. The van der Waals surface area contributed by atoms with Crippen molar-refractivity contribution in [2.24, 2.45) is 0 Å². The van der Waals surface area contributed by atoms with Crippen molar-refractivity contribution in [1.82, 2.24) is 10.2 Å². The second-order valence-corrected chi connectivity index (χ2v) is 2.62. The molecule has 1 aromatic heterocycles. The van der Waals surface area contributed by atoms with Crippen LogP contribution in [-0.2, 0) is 0 Å². The summed E-state index contributed by atoms with van der Waals surface area (Å²) in [6.07, 6.45) is 1.53. The third-order valence-corrected chi connectivity index (χ3v) is 1.51. The average Bonchev–Trinajstić information content (AvgIpc) is 1.85. The van der Waals surface area contributed by atoms with Crippen molar-refractivity contribution in [2.45, 2.75) is 6.92 Å². The van der Waals surface area contributed by atoms with Gasteiger partial charge in [0.25, 0.3) is 5.56 Å². The van der Waals surface area contributed by atoms with Crippen LogP contribution >= 0.6 is 11.6 Å². The zero-order valence-corrected chi connectivity index (χ0v) is 6.77. The first-order valence-corrected chi connectivity index (χ1v) is 3.40. The minimum Gasteiger partial charge on any atom is -0.267 e. The van der Waals surface area contributed by atoms with Gasteiger partial charge in [-0.05, 0) is 12.5 Å². The number of H-pyrrole nitrogens is 1. The molecule has 0 aliphatic rings. The molecule has 11 heavy (non-hydrogen) atoms. The van der Waals surface area contributed by atoms with Gasteiger partial charge in [0, 0.05) is 5.03 Å². The molecule has 3 nitrogen and oxygen atoms in total. The van der Waals surface area contributed by atoms with Gasteiger partial charge in [0.05, 0.1) is 11.8 Å². The van der Waals surface area contributed by atoms with E-state index in [1.165, 1.54) is 6.20 Å². The van der Waals surface area contributed by atoms with E-state index >= 15 is 0 Å². The molecule has 0 aliphatic heterocycles. The number of aromatic amines is 1. The fourth-order valence-corrected chi connectivity index (χ4v) is 1.06. The van der Waals surface area contributed by atoms with Gasteiger partial charge in [0.2, 0.25) is 0 Å². The maximum absolute atomic E-state index is 11.0. The molecular formula is C7H7ClN2O. The smallest absolute Gasteiger partial charge is 0.267 e. The largest absolute Gasteiger partial charge is 0.273 e. The van der Waals surface area contributed by atoms with E-state index in [2.05, 4.69) is 16.8 Å². The van der Waals surface area contributed by atoms with E-state index in [0.29, 0.717) is 5.56 Å². The summed E-state index contributed by atoms with van der Waals surface area (Å²) in [7, 11) is 0. The van der Waals surface area contributed by atoms with Crippen LogP contribution in [0.25, 0.3) is 5.03 Å². The van der Waals surface area contributed by atoms with E-state index < -0.39 is 0 Å². The van der Waals surface area contributed by atoms with E-state index in [9.17, 15) is 4.79 Å². The Hall–Kier alpha value is -1.09. The highest BCUT2D eigenvalue weighted by Crippen LogP contribution is 2.14. The van der Waals surface area contributed by atoms with E-state index in [4.69, 9.17) is 11.6 Å². The molecular weight excluding hydrogens is 164 g/mol. The zero-order valence-electron chi connectivity index (χ0n) is 6.02. The lowest BCUT2D eigenvalue weighted by molar-refractivity contribution is 0.967. The molecule has 0 unspecified atom stereocenters. The van der Waals surface area contributed by atoms with E-state index in [1.807, 2.05) is 0 Å². The molecule has 1 rings (SSSR count). The summed E-state index contributed by atoms with van der Waals surface area (Å²) in [5.74, 6) is 0. The van der Waals surface area contributed by atoms with Crippen LogP contribution in [0.5, 0.6) is 0 Å². The molecule has 1 aromatic rings. The number of nitrogens with zero attached hydrogens (tertiary/aromatic N) is 1. The first kappa shape index (κ1) is 8.01. The molecule has 0 saturated carbocycles. The Bertz CT molecular complexity index is 343. The molecule has 0 aromatic carbocycles. The SMILES string of the molecule is C=C(Cl)c1c(C)cn[nH]c1=O. The molecule has 0 aliphatic carbocycles. The normalized spacial score (nSPS) is 9.64. The van der Waals surface area contributed by atoms with Gasteiger partial charge < -0.3 is 0 Å². The zero-order chi connectivity index (χ0) is 8.43. The Morgan fingerprint density at radius 2 is 2.45 bits per heavy atom. The van der Waals surface area contributed by atoms with Gasteiger partial charge in [-0.1, -0.05) is 18.2 Å². The molecule has 0 spiro atoms. The maximum atomic E-state index is 11.0. The topological polar surface area (TPSA) is 45.8 Å². The van der Waals surface area contributed by atoms with Gasteiger partial charge in [0.15, 0.2) is 0 Å². The quantitative estimate of drug-likeness (QED) is 0.691. The molecule has 1 heterocycles. The molecule has 0 atom stereocenters. The molecule has 0 fully saturated rings. The van der Waals surface area contributed by atoms with Crippen molar-refractivity contribution in [3.63, 3.8) is 0 Å². The van der Waals surface area contributed by atoms with Gasteiger partial charge in [-0.15, -0.1) is 0 Å². The number of hydrogen-bond acceptors (Lipinski definition) is 2. The number of halogens is 1. The first-order chi connectivity index (χ1) is 5.13. The summed E-state index contributed by atoms with van der Waals surface area (Å²) < 4.78 is 0. The Labute approximate surface area is 68.7 Å². The van der Waals surface area contributed by atoms with Crippen LogP contribution in [0.1, 0.15) is 11.1 Å². The lowest BCUT2D eigenvalue weighted by atomic mass is 10.2. The van der Waals surface area contributed by atoms with Crippen LogP contribution in [0.2, 0.25) is 0 Å². The highest BCUT2D eigenvalue weighted by molar-refractivity contribution is 6.48. The predicted molar refractivity (Wildman–Crippen MR) is 44.5 cm³/mol. The lowest BCUT2D eigenvalue weighted by Crippen LogP contribution is -2.13. The standard InChI is InChI=1S/C7H7ClN2O/c1-4-3-9-10-7(11)6(4)5(2)8/h3H,2H2,1H3,(H,10,11). The van der Waals surface area contributed by atoms with Crippen LogP contribution in [0.4, 0.5) is 0 Å². The fourth-order valence-electron chi connectivity index (χ4n) is 0.824. The summed E-state index contributed by atoms with van der Waals surface area (Å²) in [4.78, 5) is 11.0. The van der Waals surface area contributed by atoms with Crippen molar-refractivity contribution in [3.8, 4) is 0 Å². The molecule has 0 radical (unpaired) electrons. The summed E-state index contributed by atoms with van der Waals surface area (Å²) >= 11 is 5.57. The molecule has 0 bridgehead atoms.